The second-order valence-corrected chi connectivity index (χ2v) is 9.87. The van der Waals surface area contributed by atoms with Gasteiger partial charge in [-0.2, -0.15) is 0 Å². The number of fused-ring (bicyclic) bond motifs is 3. The second-order valence-electron chi connectivity index (χ2n) is 7.66. The number of carboxylic acid groups (broad SMARTS) is 1. The molecule has 0 spiro atoms. The summed E-state index contributed by atoms with van der Waals surface area (Å²) in [5.74, 6) is -1.52. The quantitative estimate of drug-likeness (QED) is 0.179. The lowest BCUT2D eigenvalue weighted by molar-refractivity contribution is -0.393. The Hall–Kier alpha value is -4.49. The number of nitrogens with zero attached hydrogens (tertiary/aromatic N) is 3. The van der Waals surface area contributed by atoms with Gasteiger partial charge in [0.2, 0.25) is 0 Å². The third kappa shape index (κ3) is 3.70. The Morgan fingerprint density at radius 3 is 1.97 bits per heavy atom. The van der Waals surface area contributed by atoms with Gasteiger partial charge in [0, 0.05) is 44.7 Å². The van der Waals surface area contributed by atoms with Crippen LogP contribution in [-0.4, -0.2) is 25.8 Å². The third-order valence-electron chi connectivity index (χ3n) is 5.65. The van der Waals surface area contributed by atoms with Gasteiger partial charge in [-0.05, 0) is 17.2 Å². The second kappa shape index (κ2) is 8.62. The first-order valence-electron chi connectivity index (χ1n) is 10.1. The number of carbonyl (C=O) groups is 1. The van der Waals surface area contributed by atoms with E-state index in [1.807, 2.05) is 30.3 Å². The van der Waals surface area contributed by atoms with Crippen LogP contribution in [0.3, 0.4) is 0 Å². The van der Waals surface area contributed by atoms with E-state index in [0.717, 1.165) is 34.7 Å². The molecule has 1 N–H and O–H groups in total. The highest BCUT2D eigenvalue weighted by Gasteiger charge is 2.40. The topological polar surface area (TPSA) is 167 Å². The zero-order valence-electron chi connectivity index (χ0n) is 17.7. The average molecular weight is 521 g/mol. The molecule has 3 aromatic carbocycles. The Morgan fingerprint density at radius 2 is 1.39 bits per heavy atom. The largest absolute Gasteiger partial charge is 0.478 e. The fourth-order valence-electron chi connectivity index (χ4n) is 4.20. The fraction of sp³-hybridized carbons (Fsp3) is 0. The molecule has 0 radical (unpaired) electrons. The number of hydrogen-bond acceptors (Lipinski definition) is 9. The molecule has 11 nitrogen and oxygen atoms in total. The Morgan fingerprint density at radius 1 is 0.778 bits per heavy atom. The van der Waals surface area contributed by atoms with E-state index in [9.17, 15) is 40.2 Å². The van der Waals surface area contributed by atoms with Gasteiger partial charge in [-0.3, -0.25) is 30.3 Å². The molecule has 178 valence electrons. The van der Waals surface area contributed by atoms with E-state index in [0.29, 0.717) is 4.91 Å². The average Bonchev–Trinajstić information content (AvgIpc) is 3.45. The van der Waals surface area contributed by atoms with Crippen LogP contribution >= 0.6 is 21.6 Å². The van der Waals surface area contributed by atoms with E-state index in [2.05, 4.69) is 0 Å². The van der Waals surface area contributed by atoms with Gasteiger partial charge in [-0.15, -0.1) is 0 Å². The zero-order valence-corrected chi connectivity index (χ0v) is 19.4. The van der Waals surface area contributed by atoms with Gasteiger partial charge in [0.1, 0.15) is 0 Å². The van der Waals surface area contributed by atoms with Crippen LogP contribution in [0.4, 0.5) is 17.1 Å². The molecule has 1 aliphatic heterocycles. The fourth-order valence-corrected chi connectivity index (χ4v) is 6.69. The molecule has 0 aromatic heterocycles. The van der Waals surface area contributed by atoms with E-state index in [4.69, 9.17) is 0 Å². The third-order valence-corrected chi connectivity index (χ3v) is 8.10. The van der Waals surface area contributed by atoms with Crippen molar-refractivity contribution in [2.75, 3.05) is 0 Å². The summed E-state index contributed by atoms with van der Waals surface area (Å²) < 4.78 is 0. The van der Waals surface area contributed by atoms with Crippen molar-refractivity contribution in [2.24, 2.45) is 0 Å². The van der Waals surface area contributed by atoms with Crippen LogP contribution in [0.2, 0.25) is 0 Å². The van der Waals surface area contributed by atoms with E-state index >= 15 is 0 Å². The minimum atomic E-state index is -1.52. The zero-order chi connectivity index (χ0) is 25.7. The number of nitro groups is 3. The first-order chi connectivity index (χ1) is 17.2. The van der Waals surface area contributed by atoms with Gasteiger partial charge >= 0.3 is 5.97 Å². The minimum Gasteiger partial charge on any atom is -0.478 e. The molecule has 1 aliphatic carbocycles. The van der Waals surface area contributed by atoms with Crippen LogP contribution < -0.4 is 0 Å². The summed E-state index contributed by atoms with van der Waals surface area (Å²) in [7, 11) is 2.66. The van der Waals surface area contributed by atoms with Crippen molar-refractivity contribution in [2.45, 2.75) is 0 Å². The summed E-state index contributed by atoms with van der Waals surface area (Å²) in [6.45, 7) is 0. The molecule has 13 heteroatoms. The van der Waals surface area contributed by atoms with Gasteiger partial charge in [0.25, 0.3) is 17.1 Å². The molecule has 0 fully saturated rings. The van der Waals surface area contributed by atoms with Crippen molar-refractivity contribution >= 4 is 55.1 Å². The molecule has 36 heavy (non-hydrogen) atoms. The normalized spacial score (nSPS) is 15.7. The lowest BCUT2D eigenvalue weighted by Crippen LogP contribution is -2.03. The summed E-state index contributed by atoms with van der Waals surface area (Å²) in [6, 6.07) is 13.2. The Bertz CT molecular complexity index is 1520. The van der Waals surface area contributed by atoms with Crippen LogP contribution in [0.15, 0.2) is 65.6 Å². The number of non-ortho nitro benzene ring substituents is 2. The van der Waals surface area contributed by atoms with Crippen molar-refractivity contribution in [3.63, 3.8) is 0 Å². The maximum atomic E-state index is 12.1. The summed E-state index contributed by atoms with van der Waals surface area (Å²) in [5.41, 5.74) is -1.12. The summed E-state index contributed by atoms with van der Waals surface area (Å²) in [4.78, 5) is 46.3. The number of nitro benzene ring substituents is 3. The molecule has 0 saturated carbocycles. The molecule has 2 aliphatic rings. The lowest BCUT2D eigenvalue weighted by Gasteiger charge is -2.07. The molecule has 0 amide bonds. The SMILES string of the molecule is O=C(O)c1cc([N+](=O)[O-])cc2c1-c1c(cc([N+](=O)[O-])cc1[N+](=O)[O-])/C2=C1\C=C(c2ccccc2)SS1. The molecule has 0 saturated heterocycles. The van der Waals surface area contributed by atoms with Gasteiger partial charge in [-0.1, -0.05) is 51.9 Å². The summed E-state index contributed by atoms with van der Waals surface area (Å²) >= 11 is 0. The number of aromatic carboxylic acids is 1. The van der Waals surface area contributed by atoms with Crippen LogP contribution in [0.5, 0.6) is 0 Å². The van der Waals surface area contributed by atoms with Gasteiger partial charge in [0.05, 0.1) is 32.0 Å². The number of hydrogen-bond donors (Lipinski definition) is 1. The molecular formula is C23H11N3O8S2. The van der Waals surface area contributed by atoms with Crippen molar-refractivity contribution in [1.82, 2.24) is 0 Å². The molecular weight excluding hydrogens is 510 g/mol. The predicted molar refractivity (Wildman–Crippen MR) is 134 cm³/mol. The Kier molecular flexibility index (Phi) is 5.57. The highest BCUT2D eigenvalue weighted by atomic mass is 33.1. The first kappa shape index (κ1) is 23.3. The smallest absolute Gasteiger partial charge is 0.336 e. The van der Waals surface area contributed by atoms with E-state index in [1.54, 1.807) is 6.08 Å². The summed E-state index contributed by atoms with van der Waals surface area (Å²) in [5, 5.41) is 45.0. The van der Waals surface area contributed by atoms with Crippen LogP contribution in [0, 0.1) is 30.3 Å². The maximum absolute atomic E-state index is 12.1. The number of allylic oxidation sites excluding steroid dienone is 1. The molecule has 5 rings (SSSR count). The Balaban J connectivity index is 1.91. The number of benzene rings is 3. The standard InChI is InChI=1S/C23H11N3O8S2/c27-23(28)16-8-12(24(29)30)6-14-20(19-10-18(35-36-19)11-4-2-1-3-5-11)15-7-13(25(31)32)9-17(26(33)34)22(15)21(14)16/h1-10H,(H,27,28)/b20-19+. The molecule has 0 atom stereocenters. The van der Waals surface area contributed by atoms with E-state index < -0.39 is 43.4 Å². The van der Waals surface area contributed by atoms with Crippen LogP contribution in [-0.2, 0) is 0 Å². The Labute approximate surface area is 209 Å². The van der Waals surface area contributed by atoms with Crippen LogP contribution in [0.25, 0.3) is 21.6 Å². The molecule has 0 bridgehead atoms. The monoisotopic (exact) mass is 521 g/mol. The minimum absolute atomic E-state index is 0.0718. The van der Waals surface area contributed by atoms with Crippen molar-refractivity contribution in [1.29, 1.82) is 0 Å². The molecule has 3 aromatic rings. The maximum Gasteiger partial charge on any atom is 0.336 e. The van der Waals surface area contributed by atoms with E-state index in [-0.39, 0.29) is 27.8 Å². The van der Waals surface area contributed by atoms with Gasteiger partial charge in [-0.25, -0.2) is 4.79 Å². The highest BCUT2D eigenvalue weighted by Crippen LogP contribution is 2.59. The van der Waals surface area contributed by atoms with Gasteiger partial charge in [0.15, 0.2) is 0 Å². The van der Waals surface area contributed by atoms with E-state index in [1.165, 1.54) is 21.6 Å². The number of carboxylic acids is 1. The highest BCUT2D eigenvalue weighted by molar-refractivity contribution is 8.82. The van der Waals surface area contributed by atoms with Crippen molar-refractivity contribution in [3.05, 3.63) is 118 Å². The van der Waals surface area contributed by atoms with Crippen molar-refractivity contribution < 1.29 is 24.7 Å². The lowest BCUT2D eigenvalue weighted by atomic mass is 9.97. The van der Waals surface area contributed by atoms with Crippen LogP contribution in [0.1, 0.15) is 27.0 Å². The van der Waals surface area contributed by atoms with Gasteiger partial charge < -0.3 is 5.11 Å². The molecule has 0 unspecified atom stereocenters. The predicted octanol–water partition coefficient (Wildman–Crippen LogP) is 6.29. The molecule has 1 heterocycles. The first-order valence-corrected chi connectivity index (χ1v) is 12.2. The van der Waals surface area contributed by atoms with Crippen molar-refractivity contribution in [3.8, 4) is 11.1 Å². The summed E-state index contributed by atoms with van der Waals surface area (Å²) in [6.07, 6.45) is 1.78. The number of rotatable bonds is 5.